The number of hydrogen-bond acceptors (Lipinski definition) is 6. The lowest BCUT2D eigenvalue weighted by Gasteiger charge is -2.22. The number of benzene rings is 1. The van der Waals surface area contributed by atoms with Crippen molar-refractivity contribution < 1.29 is 23.4 Å². The number of anilines is 2. The predicted molar refractivity (Wildman–Crippen MR) is 72.2 cm³/mol. The number of amidine groups is 1. The van der Waals surface area contributed by atoms with Crippen molar-refractivity contribution in [3.8, 4) is 5.75 Å². The van der Waals surface area contributed by atoms with E-state index in [2.05, 4.69) is 9.71 Å². The summed E-state index contributed by atoms with van der Waals surface area (Å²) in [5.41, 5.74) is 5.32. The Morgan fingerprint density at radius 2 is 2.15 bits per heavy atom. The van der Waals surface area contributed by atoms with Crippen LogP contribution >= 0.6 is 0 Å². The lowest BCUT2D eigenvalue weighted by Crippen LogP contribution is -2.33. The first kappa shape index (κ1) is 14.1. The molecule has 1 aliphatic heterocycles. The molecule has 0 aliphatic carbocycles. The zero-order valence-electron chi connectivity index (χ0n) is 10.5. The number of carboxylic acids is 1. The number of nitrogen functional groups attached to an aromatic ring is 1. The van der Waals surface area contributed by atoms with Crippen LogP contribution in [0.3, 0.4) is 0 Å². The van der Waals surface area contributed by atoms with E-state index < -0.39 is 21.9 Å². The fraction of sp³-hybridized carbons (Fsp3) is 0.273. The van der Waals surface area contributed by atoms with Crippen molar-refractivity contribution in [1.29, 1.82) is 0 Å². The second kappa shape index (κ2) is 4.67. The number of hydrogen-bond donors (Lipinski definition) is 4. The smallest absolute Gasteiger partial charge is 0.314 e. The van der Waals surface area contributed by atoms with Crippen LogP contribution in [-0.2, 0) is 14.8 Å². The van der Waals surface area contributed by atoms with Crippen LogP contribution in [0.15, 0.2) is 21.4 Å². The van der Waals surface area contributed by atoms with E-state index in [0.29, 0.717) is 0 Å². The van der Waals surface area contributed by atoms with Crippen LogP contribution in [0.1, 0.15) is 13.3 Å². The van der Waals surface area contributed by atoms with E-state index in [1.165, 1.54) is 12.1 Å². The van der Waals surface area contributed by atoms with E-state index in [9.17, 15) is 18.3 Å². The van der Waals surface area contributed by atoms with E-state index in [1.807, 2.05) is 0 Å². The monoisotopic (exact) mass is 299 g/mol. The lowest BCUT2D eigenvalue weighted by molar-refractivity contribution is -0.139. The Hall–Kier alpha value is -2.29. The summed E-state index contributed by atoms with van der Waals surface area (Å²) in [6.45, 7) is 1.61. The third-order valence-electron chi connectivity index (χ3n) is 2.95. The molecule has 5 N–H and O–H groups in total. The van der Waals surface area contributed by atoms with Gasteiger partial charge in [0.15, 0.2) is 0 Å². The molecule has 0 fully saturated rings. The average Bonchev–Trinajstić information content (AvgIpc) is 2.32. The van der Waals surface area contributed by atoms with E-state index in [0.717, 1.165) is 0 Å². The van der Waals surface area contributed by atoms with Crippen molar-refractivity contribution in [1.82, 2.24) is 0 Å². The van der Waals surface area contributed by atoms with Gasteiger partial charge in [-0.25, -0.2) is 0 Å². The first-order chi connectivity index (χ1) is 9.27. The first-order valence-corrected chi connectivity index (χ1v) is 7.18. The summed E-state index contributed by atoms with van der Waals surface area (Å²) in [7, 11) is -4.16. The Kier molecular flexibility index (Phi) is 3.30. The molecule has 0 bridgehead atoms. The van der Waals surface area contributed by atoms with Crippen LogP contribution < -0.4 is 11.1 Å². The number of sulfonamides is 1. The molecule has 0 saturated heterocycles. The molecule has 1 unspecified atom stereocenters. The molecule has 9 heteroatoms. The highest BCUT2D eigenvalue weighted by Gasteiger charge is 2.33. The highest BCUT2D eigenvalue weighted by atomic mass is 32.2. The zero-order valence-corrected chi connectivity index (χ0v) is 11.3. The number of aliphatic carboxylic acids is 1. The largest absolute Gasteiger partial charge is 0.506 e. The molecule has 1 aromatic rings. The molecule has 2 rings (SSSR count). The Morgan fingerprint density at radius 3 is 2.70 bits per heavy atom. The number of carbonyl (C=O) groups is 1. The number of aromatic hydroxyl groups is 1. The van der Waals surface area contributed by atoms with Gasteiger partial charge in [-0.3, -0.25) is 4.79 Å². The summed E-state index contributed by atoms with van der Waals surface area (Å²) in [6.07, 6.45) is 0.180. The van der Waals surface area contributed by atoms with E-state index in [4.69, 9.17) is 10.8 Å². The molecule has 20 heavy (non-hydrogen) atoms. The number of phenols is 1. The number of nitrogens with zero attached hydrogens (tertiary/aromatic N) is 1. The number of phenolic OH excluding ortho intramolecular Hbond substituents is 1. The molecular formula is C11H13N3O5S. The molecule has 0 aromatic heterocycles. The third kappa shape index (κ3) is 2.16. The summed E-state index contributed by atoms with van der Waals surface area (Å²) in [4.78, 5) is 10.7. The van der Waals surface area contributed by atoms with Gasteiger partial charge in [-0.2, -0.15) is 8.42 Å². The van der Waals surface area contributed by atoms with Gasteiger partial charge in [-0.1, -0.05) is 6.92 Å². The fourth-order valence-corrected chi connectivity index (χ4v) is 3.24. The topological polar surface area (TPSA) is 142 Å². The van der Waals surface area contributed by atoms with Gasteiger partial charge >= 0.3 is 5.97 Å². The number of fused-ring (bicyclic) bond motifs is 1. The molecule has 0 amide bonds. The second-order valence-electron chi connectivity index (χ2n) is 4.25. The number of carboxylic acid groups (broad SMARTS) is 1. The van der Waals surface area contributed by atoms with Crippen molar-refractivity contribution in [3.05, 3.63) is 12.1 Å². The van der Waals surface area contributed by atoms with Gasteiger partial charge < -0.3 is 21.3 Å². The van der Waals surface area contributed by atoms with Crippen LogP contribution in [0, 0.1) is 5.92 Å². The quantitative estimate of drug-likeness (QED) is 0.363. The van der Waals surface area contributed by atoms with Gasteiger partial charge in [0, 0.05) is 0 Å². The van der Waals surface area contributed by atoms with Gasteiger partial charge in [0.25, 0.3) is 10.0 Å². The minimum absolute atomic E-state index is 0.102. The minimum atomic E-state index is -4.16. The van der Waals surface area contributed by atoms with Gasteiger partial charge in [-0.05, 0) is 18.6 Å². The Balaban J connectivity index is 2.61. The molecule has 0 spiro atoms. The van der Waals surface area contributed by atoms with Crippen LogP contribution in [0.4, 0.5) is 11.4 Å². The lowest BCUT2D eigenvalue weighted by atomic mass is 10.1. The standard InChI is InChI=1S/C11H13N3O5S/c1-2-5(11(16)17)10-13-6-3-4-7(15)8(12)9(6)20(18,19)14-10/h3-5,15H,2,12H2,1H3,(H,13,14)(H,16,17). The average molecular weight is 299 g/mol. The van der Waals surface area contributed by atoms with Gasteiger partial charge in [0.1, 0.15) is 22.4 Å². The Labute approximate surface area is 115 Å². The summed E-state index contributed by atoms with van der Waals surface area (Å²) < 4.78 is 27.6. The van der Waals surface area contributed by atoms with E-state index in [1.54, 1.807) is 6.92 Å². The molecule has 8 nitrogen and oxygen atoms in total. The highest BCUT2D eigenvalue weighted by molar-refractivity contribution is 7.90. The summed E-state index contributed by atoms with van der Waals surface area (Å²) in [5, 5.41) is 21.2. The highest BCUT2D eigenvalue weighted by Crippen LogP contribution is 2.38. The van der Waals surface area contributed by atoms with Crippen molar-refractivity contribution in [2.75, 3.05) is 11.1 Å². The zero-order chi connectivity index (χ0) is 15.1. The fourth-order valence-electron chi connectivity index (χ4n) is 1.94. The SMILES string of the molecule is CCC(C(=O)O)C1=NS(=O)(=O)c2c(ccc(O)c2N)N1. The molecule has 1 aliphatic rings. The molecule has 1 heterocycles. The van der Waals surface area contributed by atoms with Gasteiger partial charge in [0.2, 0.25) is 0 Å². The van der Waals surface area contributed by atoms with Crippen LogP contribution in [0.25, 0.3) is 0 Å². The molecule has 0 radical (unpaired) electrons. The Morgan fingerprint density at radius 1 is 1.50 bits per heavy atom. The summed E-state index contributed by atoms with van der Waals surface area (Å²) in [6, 6.07) is 2.53. The van der Waals surface area contributed by atoms with Crippen molar-refractivity contribution in [2.24, 2.45) is 10.3 Å². The van der Waals surface area contributed by atoms with Crippen molar-refractivity contribution in [2.45, 2.75) is 18.2 Å². The maximum Gasteiger partial charge on any atom is 0.314 e. The van der Waals surface area contributed by atoms with Crippen LogP contribution in [-0.4, -0.2) is 30.4 Å². The number of nitrogens with one attached hydrogen (secondary N) is 1. The van der Waals surface area contributed by atoms with E-state index >= 15 is 0 Å². The first-order valence-electron chi connectivity index (χ1n) is 5.74. The second-order valence-corrected chi connectivity index (χ2v) is 5.79. The number of nitrogens with two attached hydrogens (primary N) is 1. The molecule has 1 atom stereocenters. The van der Waals surface area contributed by atoms with Crippen molar-refractivity contribution in [3.63, 3.8) is 0 Å². The summed E-state index contributed by atoms with van der Waals surface area (Å²) in [5.74, 6) is -2.78. The van der Waals surface area contributed by atoms with E-state index in [-0.39, 0.29) is 34.3 Å². The normalized spacial score (nSPS) is 17.6. The van der Waals surface area contributed by atoms with Gasteiger partial charge in [0.05, 0.1) is 11.4 Å². The third-order valence-corrected chi connectivity index (χ3v) is 4.34. The van der Waals surface area contributed by atoms with Gasteiger partial charge in [-0.15, -0.1) is 4.40 Å². The molecule has 108 valence electrons. The molecule has 0 saturated carbocycles. The predicted octanol–water partition coefficient (Wildman–Crippen LogP) is 0.598. The van der Waals surface area contributed by atoms with Crippen LogP contribution in [0.5, 0.6) is 5.75 Å². The maximum atomic E-state index is 12.1. The summed E-state index contributed by atoms with van der Waals surface area (Å²) >= 11 is 0. The molecule has 1 aromatic carbocycles. The molecular weight excluding hydrogens is 286 g/mol. The van der Waals surface area contributed by atoms with Crippen molar-refractivity contribution >= 4 is 33.2 Å². The number of rotatable bonds is 3. The maximum absolute atomic E-state index is 12.1. The Bertz CT molecular complexity index is 711. The minimum Gasteiger partial charge on any atom is -0.506 e. The van der Waals surface area contributed by atoms with Crippen LogP contribution in [0.2, 0.25) is 0 Å².